The Morgan fingerprint density at radius 3 is 2.55 bits per heavy atom. The zero-order valence-corrected chi connectivity index (χ0v) is 11.8. The standard InChI is InChI=1S/C16H14N2OS/c17-9-14(11-3-1-2-4-11)16-18-15(10-20-16)12-5-7-13(19)8-6-12/h5-8,10,19H,1-4H2. The quantitative estimate of drug-likeness (QED) is 0.832. The van der Waals surface area contributed by atoms with Crippen molar-refractivity contribution < 1.29 is 5.11 Å². The van der Waals surface area contributed by atoms with Gasteiger partial charge in [0.05, 0.1) is 11.3 Å². The van der Waals surface area contributed by atoms with E-state index in [1.165, 1.54) is 29.8 Å². The summed E-state index contributed by atoms with van der Waals surface area (Å²) in [5, 5.41) is 21.5. The van der Waals surface area contributed by atoms with Crippen LogP contribution in [0.5, 0.6) is 5.75 Å². The lowest BCUT2D eigenvalue weighted by Gasteiger charge is -1.99. The van der Waals surface area contributed by atoms with Crippen LogP contribution in [-0.2, 0) is 0 Å². The summed E-state index contributed by atoms with van der Waals surface area (Å²) in [6.45, 7) is 0. The minimum absolute atomic E-state index is 0.245. The fraction of sp³-hybridized carbons (Fsp3) is 0.250. The van der Waals surface area contributed by atoms with Crippen molar-refractivity contribution in [2.45, 2.75) is 25.7 Å². The molecule has 0 atom stereocenters. The van der Waals surface area contributed by atoms with E-state index in [-0.39, 0.29) is 5.75 Å². The molecular weight excluding hydrogens is 268 g/mol. The number of aromatic hydroxyl groups is 1. The number of benzene rings is 1. The Balaban J connectivity index is 1.96. The van der Waals surface area contributed by atoms with Crippen LogP contribution in [-0.4, -0.2) is 10.1 Å². The summed E-state index contributed by atoms with van der Waals surface area (Å²) < 4.78 is 0. The van der Waals surface area contributed by atoms with Crippen molar-refractivity contribution >= 4 is 16.9 Å². The van der Waals surface area contributed by atoms with Crippen LogP contribution in [0.3, 0.4) is 0 Å². The minimum atomic E-state index is 0.245. The number of allylic oxidation sites excluding steroid dienone is 2. The highest BCUT2D eigenvalue weighted by Gasteiger charge is 2.17. The molecule has 0 aliphatic heterocycles. The molecule has 100 valence electrons. The molecule has 0 amide bonds. The number of hydrogen-bond acceptors (Lipinski definition) is 4. The van der Waals surface area contributed by atoms with Crippen LogP contribution in [0.25, 0.3) is 16.8 Å². The summed E-state index contributed by atoms with van der Waals surface area (Å²) in [5.74, 6) is 0.245. The highest BCUT2D eigenvalue weighted by atomic mass is 32.1. The third-order valence-electron chi connectivity index (χ3n) is 3.55. The number of phenols is 1. The Kier molecular flexibility index (Phi) is 3.53. The van der Waals surface area contributed by atoms with Gasteiger partial charge in [0.1, 0.15) is 16.8 Å². The lowest BCUT2D eigenvalue weighted by molar-refractivity contribution is 0.475. The molecule has 1 aliphatic carbocycles. The maximum atomic E-state index is 9.38. The van der Waals surface area contributed by atoms with Gasteiger partial charge >= 0.3 is 0 Å². The lowest BCUT2D eigenvalue weighted by Crippen LogP contribution is -1.86. The summed E-state index contributed by atoms with van der Waals surface area (Å²) in [6, 6.07) is 9.29. The summed E-state index contributed by atoms with van der Waals surface area (Å²) in [6.07, 6.45) is 4.40. The molecular formula is C16H14N2OS. The second-order valence-electron chi connectivity index (χ2n) is 4.88. The van der Waals surface area contributed by atoms with E-state index in [0.29, 0.717) is 0 Å². The molecule has 1 saturated carbocycles. The smallest absolute Gasteiger partial charge is 0.134 e. The lowest BCUT2D eigenvalue weighted by atomic mass is 10.1. The molecule has 0 unspecified atom stereocenters. The second-order valence-corrected chi connectivity index (χ2v) is 5.74. The van der Waals surface area contributed by atoms with Crippen molar-refractivity contribution in [3.63, 3.8) is 0 Å². The number of phenolic OH excluding ortho intramolecular Hbond substituents is 1. The van der Waals surface area contributed by atoms with Gasteiger partial charge in [-0.05, 0) is 55.5 Å². The fourth-order valence-corrected chi connectivity index (χ4v) is 3.35. The molecule has 0 bridgehead atoms. The molecule has 1 N–H and O–H groups in total. The van der Waals surface area contributed by atoms with Crippen LogP contribution in [0.15, 0.2) is 35.2 Å². The average molecular weight is 282 g/mol. The predicted molar refractivity (Wildman–Crippen MR) is 80.2 cm³/mol. The molecule has 1 aromatic carbocycles. The van der Waals surface area contributed by atoms with Crippen LogP contribution in [0.1, 0.15) is 30.7 Å². The van der Waals surface area contributed by atoms with E-state index >= 15 is 0 Å². The average Bonchev–Trinajstić information content (AvgIpc) is 3.12. The van der Waals surface area contributed by atoms with Gasteiger partial charge in [-0.1, -0.05) is 0 Å². The Morgan fingerprint density at radius 2 is 1.90 bits per heavy atom. The molecule has 1 fully saturated rings. The first kappa shape index (κ1) is 12.9. The van der Waals surface area contributed by atoms with E-state index in [1.54, 1.807) is 12.1 Å². The Morgan fingerprint density at radius 1 is 1.20 bits per heavy atom. The Hall–Kier alpha value is -2.12. The molecule has 0 spiro atoms. The molecule has 4 heteroatoms. The number of aromatic nitrogens is 1. The fourth-order valence-electron chi connectivity index (χ4n) is 2.48. The minimum Gasteiger partial charge on any atom is -0.508 e. The zero-order chi connectivity index (χ0) is 13.9. The molecule has 3 nitrogen and oxygen atoms in total. The molecule has 20 heavy (non-hydrogen) atoms. The SMILES string of the molecule is N#CC(=C1CCCC1)c1nc(-c2ccc(O)cc2)cs1. The number of thiazole rings is 1. The van der Waals surface area contributed by atoms with Gasteiger partial charge in [-0.2, -0.15) is 5.26 Å². The topological polar surface area (TPSA) is 56.9 Å². The van der Waals surface area contributed by atoms with Crippen molar-refractivity contribution in [3.8, 4) is 23.1 Å². The number of nitriles is 1. The van der Waals surface area contributed by atoms with Gasteiger partial charge in [-0.15, -0.1) is 11.3 Å². The van der Waals surface area contributed by atoms with Gasteiger partial charge < -0.3 is 5.11 Å². The van der Waals surface area contributed by atoms with Gasteiger partial charge in [0, 0.05) is 10.9 Å². The maximum Gasteiger partial charge on any atom is 0.134 e. The number of hydrogen-bond donors (Lipinski definition) is 1. The maximum absolute atomic E-state index is 9.38. The molecule has 1 heterocycles. The highest BCUT2D eigenvalue weighted by molar-refractivity contribution is 7.11. The van der Waals surface area contributed by atoms with Crippen molar-refractivity contribution in [1.29, 1.82) is 5.26 Å². The Labute approximate surface area is 121 Å². The van der Waals surface area contributed by atoms with Crippen LogP contribution in [0.2, 0.25) is 0 Å². The highest BCUT2D eigenvalue weighted by Crippen LogP contribution is 2.34. The van der Waals surface area contributed by atoms with Crippen LogP contribution >= 0.6 is 11.3 Å². The van der Waals surface area contributed by atoms with E-state index < -0.39 is 0 Å². The van der Waals surface area contributed by atoms with Crippen molar-refractivity contribution in [2.24, 2.45) is 0 Å². The Bertz CT molecular complexity index is 684. The summed E-state index contributed by atoms with van der Waals surface area (Å²) in [7, 11) is 0. The van der Waals surface area contributed by atoms with Gasteiger partial charge in [-0.25, -0.2) is 4.98 Å². The van der Waals surface area contributed by atoms with E-state index in [1.807, 2.05) is 17.5 Å². The number of nitrogens with zero attached hydrogens (tertiary/aromatic N) is 2. The predicted octanol–water partition coefficient (Wildman–Crippen LogP) is 4.37. The molecule has 0 saturated heterocycles. The molecule has 0 radical (unpaired) electrons. The second kappa shape index (κ2) is 5.48. The monoisotopic (exact) mass is 282 g/mol. The van der Waals surface area contributed by atoms with Crippen LogP contribution in [0, 0.1) is 11.3 Å². The summed E-state index contributed by atoms with van der Waals surface area (Å²) in [5.41, 5.74) is 3.83. The van der Waals surface area contributed by atoms with E-state index in [2.05, 4.69) is 11.1 Å². The van der Waals surface area contributed by atoms with Crippen molar-refractivity contribution in [1.82, 2.24) is 4.98 Å². The van der Waals surface area contributed by atoms with E-state index in [0.717, 1.165) is 34.7 Å². The first-order chi connectivity index (χ1) is 9.78. The third kappa shape index (κ3) is 2.45. The van der Waals surface area contributed by atoms with Crippen molar-refractivity contribution in [3.05, 3.63) is 40.2 Å². The van der Waals surface area contributed by atoms with Crippen LogP contribution < -0.4 is 0 Å². The van der Waals surface area contributed by atoms with Gasteiger partial charge in [0.15, 0.2) is 0 Å². The largest absolute Gasteiger partial charge is 0.508 e. The number of rotatable bonds is 2. The summed E-state index contributed by atoms with van der Waals surface area (Å²) in [4.78, 5) is 4.58. The normalized spacial score (nSPS) is 14.2. The van der Waals surface area contributed by atoms with E-state index in [9.17, 15) is 10.4 Å². The van der Waals surface area contributed by atoms with Crippen molar-refractivity contribution in [2.75, 3.05) is 0 Å². The van der Waals surface area contributed by atoms with Gasteiger partial charge in [0.2, 0.25) is 0 Å². The first-order valence-electron chi connectivity index (χ1n) is 6.65. The van der Waals surface area contributed by atoms with Gasteiger partial charge in [0.25, 0.3) is 0 Å². The molecule has 1 aromatic heterocycles. The molecule has 1 aliphatic rings. The molecule has 2 aromatic rings. The third-order valence-corrected chi connectivity index (χ3v) is 4.41. The van der Waals surface area contributed by atoms with E-state index in [4.69, 9.17) is 0 Å². The zero-order valence-electron chi connectivity index (χ0n) is 11.0. The van der Waals surface area contributed by atoms with Gasteiger partial charge in [-0.3, -0.25) is 0 Å². The molecule has 3 rings (SSSR count). The van der Waals surface area contributed by atoms with Crippen LogP contribution in [0.4, 0.5) is 0 Å². The first-order valence-corrected chi connectivity index (χ1v) is 7.53. The summed E-state index contributed by atoms with van der Waals surface area (Å²) >= 11 is 1.51.